The number of carbonyl (C=O) groups is 1. The van der Waals surface area contributed by atoms with E-state index in [1.165, 1.54) is 0 Å². The van der Waals surface area contributed by atoms with Crippen LogP contribution in [0.25, 0.3) is 0 Å². The molecular weight excluding hydrogens is 272 g/mol. The first-order chi connectivity index (χ1) is 9.44. The number of hydrogen-bond donors (Lipinski definition) is 1. The standard InChI is InChI=1S/C16H23ClN2O/c1-12(13-5-4-6-14(17)11-13)19(3)15(20)16(2)7-9-18-10-8-16/h4-6,11-12,18H,7-10H2,1-3H3. The zero-order chi connectivity index (χ0) is 14.8. The van der Waals surface area contributed by atoms with Crippen molar-refractivity contribution in [3.05, 3.63) is 34.9 Å². The molecular formula is C16H23ClN2O. The highest BCUT2D eigenvalue weighted by Gasteiger charge is 2.37. The molecule has 0 radical (unpaired) electrons. The van der Waals surface area contributed by atoms with Gasteiger partial charge in [-0.1, -0.05) is 30.7 Å². The lowest BCUT2D eigenvalue weighted by atomic mass is 9.79. The molecule has 1 aromatic rings. The molecule has 0 spiro atoms. The van der Waals surface area contributed by atoms with Gasteiger partial charge in [0.05, 0.1) is 6.04 Å². The SMILES string of the molecule is CC(c1cccc(Cl)c1)N(C)C(=O)C1(C)CCNCC1. The van der Waals surface area contributed by atoms with Crippen LogP contribution in [-0.4, -0.2) is 30.9 Å². The van der Waals surface area contributed by atoms with E-state index in [1.54, 1.807) is 0 Å². The van der Waals surface area contributed by atoms with Crippen LogP contribution in [-0.2, 0) is 4.79 Å². The van der Waals surface area contributed by atoms with Gasteiger partial charge in [-0.3, -0.25) is 4.79 Å². The number of amides is 1. The summed E-state index contributed by atoms with van der Waals surface area (Å²) in [6, 6.07) is 7.77. The second-order valence-corrected chi connectivity index (χ2v) is 6.39. The molecule has 1 aliphatic heterocycles. The average Bonchev–Trinajstić information content (AvgIpc) is 2.45. The Morgan fingerprint density at radius 2 is 2.05 bits per heavy atom. The summed E-state index contributed by atoms with van der Waals surface area (Å²) in [5.74, 6) is 0.228. The maximum atomic E-state index is 12.8. The summed E-state index contributed by atoms with van der Waals surface area (Å²) >= 11 is 6.04. The van der Waals surface area contributed by atoms with Gasteiger partial charge in [-0.15, -0.1) is 0 Å². The van der Waals surface area contributed by atoms with Crippen LogP contribution in [0.5, 0.6) is 0 Å². The van der Waals surface area contributed by atoms with Crippen LogP contribution >= 0.6 is 11.6 Å². The van der Waals surface area contributed by atoms with Crippen LogP contribution in [0.4, 0.5) is 0 Å². The van der Waals surface area contributed by atoms with E-state index in [2.05, 4.69) is 12.2 Å². The molecule has 0 saturated carbocycles. The van der Waals surface area contributed by atoms with Gasteiger partial charge in [0.15, 0.2) is 0 Å². The fourth-order valence-corrected chi connectivity index (χ4v) is 2.98. The molecule has 20 heavy (non-hydrogen) atoms. The summed E-state index contributed by atoms with van der Waals surface area (Å²) in [5.41, 5.74) is 0.832. The molecule has 0 aliphatic carbocycles. The van der Waals surface area contributed by atoms with Crippen molar-refractivity contribution in [2.45, 2.75) is 32.7 Å². The van der Waals surface area contributed by atoms with Gasteiger partial charge >= 0.3 is 0 Å². The Bertz CT molecular complexity index is 483. The molecule has 0 bridgehead atoms. The van der Waals surface area contributed by atoms with E-state index in [-0.39, 0.29) is 17.4 Å². The Kier molecular flexibility index (Phi) is 4.71. The molecule has 1 aromatic carbocycles. The summed E-state index contributed by atoms with van der Waals surface area (Å²) in [5, 5.41) is 4.03. The molecule has 1 aliphatic rings. The molecule has 110 valence electrons. The smallest absolute Gasteiger partial charge is 0.228 e. The summed E-state index contributed by atoms with van der Waals surface area (Å²) < 4.78 is 0. The fraction of sp³-hybridized carbons (Fsp3) is 0.562. The van der Waals surface area contributed by atoms with E-state index >= 15 is 0 Å². The van der Waals surface area contributed by atoms with Crippen molar-refractivity contribution in [1.29, 1.82) is 0 Å². The van der Waals surface area contributed by atoms with Gasteiger partial charge in [0, 0.05) is 17.5 Å². The van der Waals surface area contributed by atoms with Gasteiger partial charge in [-0.25, -0.2) is 0 Å². The zero-order valence-corrected chi connectivity index (χ0v) is 13.2. The van der Waals surface area contributed by atoms with E-state index < -0.39 is 0 Å². The summed E-state index contributed by atoms with van der Waals surface area (Å²) in [4.78, 5) is 14.6. The van der Waals surface area contributed by atoms with Crippen LogP contribution in [0, 0.1) is 5.41 Å². The summed E-state index contributed by atoms with van der Waals surface area (Å²) in [7, 11) is 1.89. The Morgan fingerprint density at radius 3 is 2.65 bits per heavy atom. The molecule has 1 atom stereocenters. The van der Waals surface area contributed by atoms with E-state index in [1.807, 2.05) is 43.1 Å². The minimum Gasteiger partial charge on any atom is -0.339 e. The number of piperidine rings is 1. The van der Waals surface area contributed by atoms with Crippen LogP contribution < -0.4 is 5.32 Å². The molecule has 1 fully saturated rings. The third kappa shape index (κ3) is 3.15. The predicted octanol–water partition coefficient (Wildman–Crippen LogP) is 3.25. The number of hydrogen-bond acceptors (Lipinski definition) is 2. The summed E-state index contributed by atoms with van der Waals surface area (Å²) in [6.07, 6.45) is 1.80. The third-order valence-corrected chi connectivity index (χ3v) is 4.69. The number of carbonyl (C=O) groups excluding carboxylic acids is 1. The molecule has 1 heterocycles. The lowest BCUT2D eigenvalue weighted by Crippen LogP contribution is -2.47. The van der Waals surface area contributed by atoms with Crippen molar-refractivity contribution < 1.29 is 4.79 Å². The Balaban J connectivity index is 2.13. The van der Waals surface area contributed by atoms with Crippen molar-refractivity contribution in [3.63, 3.8) is 0 Å². The van der Waals surface area contributed by atoms with Crippen molar-refractivity contribution >= 4 is 17.5 Å². The lowest BCUT2D eigenvalue weighted by Gasteiger charge is -2.38. The first kappa shape index (κ1) is 15.3. The van der Waals surface area contributed by atoms with E-state index in [0.717, 1.165) is 31.5 Å². The fourth-order valence-electron chi connectivity index (χ4n) is 2.78. The van der Waals surface area contributed by atoms with Crippen LogP contribution in [0.1, 0.15) is 38.3 Å². The van der Waals surface area contributed by atoms with Gasteiger partial charge < -0.3 is 10.2 Å². The topological polar surface area (TPSA) is 32.3 Å². The Hall–Kier alpha value is -1.06. The van der Waals surface area contributed by atoms with Crippen LogP contribution in [0.15, 0.2) is 24.3 Å². The van der Waals surface area contributed by atoms with Gasteiger partial charge in [0.2, 0.25) is 5.91 Å². The maximum Gasteiger partial charge on any atom is 0.228 e. The van der Waals surface area contributed by atoms with Gasteiger partial charge in [-0.2, -0.15) is 0 Å². The minimum absolute atomic E-state index is 0.0351. The first-order valence-electron chi connectivity index (χ1n) is 7.17. The molecule has 4 heteroatoms. The average molecular weight is 295 g/mol. The molecule has 0 aromatic heterocycles. The maximum absolute atomic E-state index is 12.8. The highest BCUT2D eigenvalue weighted by Crippen LogP contribution is 2.33. The second kappa shape index (κ2) is 6.15. The van der Waals surface area contributed by atoms with E-state index in [4.69, 9.17) is 11.6 Å². The van der Waals surface area contributed by atoms with Crippen molar-refractivity contribution in [1.82, 2.24) is 10.2 Å². The highest BCUT2D eigenvalue weighted by atomic mass is 35.5. The highest BCUT2D eigenvalue weighted by molar-refractivity contribution is 6.30. The van der Waals surface area contributed by atoms with Crippen molar-refractivity contribution in [3.8, 4) is 0 Å². The molecule has 1 amide bonds. The monoisotopic (exact) mass is 294 g/mol. The quantitative estimate of drug-likeness (QED) is 0.928. The molecule has 2 rings (SSSR count). The Labute approximate surface area is 126 Å². The minimum atomic E-state index is -0.243. The zero-order valence-electron chi connectivity index (χ0n) is 12.4. The molecule has 1 unspecified atom stereocenters. The van der Waals surface area contributed by atoms with Gasteiger partial charge in [-0.05, 0) is 50.6 Å². The van der Waals surface area contributed by atoms with Gasteiger partial charge in [0.1, 0.15) is 0 Å². The first-order valence-corrected chi connectivity index (χ1v) is 7.55. The third-order valence-electron chi connectivity index (χ3n) is 4.46. The van der Waals surface area contributed by atoms with Gasteiger partial charge in [0.25, 0.3) is 0 Å². The lowest BCUT2D eigenvalue weighted by molar-refractivity contribution is -0.143. The van der Waals surface area contributed by atoms with Crippen molar-refractivity contribution in [2.75, 3.05) is 20.1 Å². The number of benzene rings is 1. The van der Waals surface area contributed by atoms with E-state index in [0.29, 0.717) is 5.02 Å². The van der Waals surface area contributed by atoms with E-state index in [9.17, 15) is 4.79 Å². The van der Waals surface area contributed by atoms with Crippen LogP contribution in [0.2, 0.25) is 5.02 Å². The van der Waals surface area contributed by atoms with Crippen molar-refractivity contribution in [2.24, 2.45) is 5.41 Å². The number of nitrogens with one attached hydrogen (secondary N) is 1. The molecule has 3 nitrogen and oxygen atoms in total. The molecule has 1 N–H and O–H groups in total. The number of rotatable bonds is 3. The Morgan fingerprint density at radius 1 is 1.40 bits per heavy atom. The second-order valence-electron chi connectivity index (χ2n) is 5.96. The summed E-state index contributed by atoms with van der Waals surface area (Å²) in [6.45, 7) is 5.97. The normalized spacial score (nSPS) is 19.4. The number of halogens is 1. The molecule has 1 saturated heterocycles. The predicted molar refractivity (Wildman–Crippen MR) is 82.8 cm³/mol. The van der Waals surface area contributed by atoms with Crippen LogP contribution in [0.3, 0.4) is 0 Å². The number of nitrogens with zero attached hydrogens (tertiary/aromatic N) is 1. The largest absolute Gasteiger partial charge is 0.339 e.